The van der Waals surface area contributed by atoms with E-state index in [0.717, 1.165) is 11.1 Å². The Kier molecular flexibility index (Phi) is 3.29. The van der Waals surface area contributed by atoms with Crippen LogP contribution in [0.15, 0.2) is 24.8 Å². The average Bonchev–Trinajstić information content (AvgIpc) is 2.03. The fraction of sp³-hybridized carbons (Fsp3) is 0.111. The second kappa shape index (κ2) is 4.06. The molecule has 1 aromatic carbocycles. The predicted octanol–water partition coefficient (Wildman–Crippen LogP) is 3.89. The fourth-order valence-electron chi connectivity index (χ4n) is 0.848. The van der Waals surface area contributed by atoms with Crippen LogP contribution in [0.3, 0.4) is 0 Å². The molecule has 0 aliphatic carbocycles. The third-order valence-corrected chi connectivity index (χ3v) is 2.46. The van der Waals surface area contributed by atoms with E-state index in [-0.39, 0.29) is 5.82 Å². The first kappa shape index (κ1) is 9.75. The normalized spacial score (nSPS) is 9.92. The third kappa shape index (κ3) is 2.08. The van der Waals surface area contributed by atoms with E-state index in [1.165, 1.54) is 12.1 Å². The molecule has 0 spiro atoms. The van der Waals surface area contributed by atoms with E-state index < -0.39 is 0 Å². The zero-order valence-electron chi connectivity index (χ0n) is 6.28. The Hall–Kier alpha value is -0.340. The molecule has 0 amide bonds. The summed E-state index contributed by atoms with van der Waals surface area (Å²) in [6, 6.07) is 4.28. The van der Waals surface area contributed by atoms with Crippen LogP contribution in [-0.4, -0.2) is 5.33 Å². The first-order valence-corrected chi connectivity index (χ1v) is 4.84. The molecule has 0 N–H and O–H groups in total. The predicted molar refractivity (Wildman–Crippen MR) is 54.2 cm³/mol. The van der Waals surface area contributed by atoms with E-state index in [0.29, 0.717) is 10.4 Å². The maximum Gasteiger partial charge on any atom is 0.124 e. The molecule has 0 unspecified atom stereocenters. The standard InChI is InChI=1S/C9H7BrClF/c1-6(5-10)8-3-2-7(12)4-9(8)11/h2-4H,1,5H2. The van der Waals surface area contributed by atoms with Crippen LogP contribution >= 0.6 is 27.5 Å². The highest BCUT2D eigenvalue weighted by atomic mass is 79.9. The van der Waals surface area contributed by atoms with Crippen molar-refractivity contribution < 1.29 is 4.39 Å². The lowest BCUT2D eigenvalue weighted by Crippen LogP contribution is -1.86. The first-order chi connectivity index (χ1) is 5.65. The van der Waals surface area contributed by atoms with Gasteiger partial charge in [0.1, 0.15) is 5.82 Å². The van der Waals surface area contributed by atoms with Gasteiger partial charge in [-0.15, -0.1) is 0 Å². The van der Waals surface area contributed by atoms with Crippen molar-refractivity contribution in [3.63, 3.8) is 0 Å². The van der Waals surface area contributed by atoms with Gasteiger partial charge in [-0.1, -0.05) is 40.2 Å². The quantitative estimate of drug-likeness (QED) is 0.698. The van der Waals surface area contributed by atoms with Gasteiger partial charge in [-0.25, -0.2) is 4.39 Å². The summed E-state index contributed by atoms with van der Waals surface area (Å²) in [5.41, 5.74) is 1.63. The molecule has 0 atom stereocenters. The Morgan fingerprint density at radius 1 is 1.58 bits per heavy atom. The van der Waals surface area contributed by atoms with Gasteiger partial charge in [0.25, 0.3) is 0 Å². The molecule has 0 fully saturated rings. The zero-order valence-corrected chi connectivity index (χ0v) is 8.62. The highest BCUT2D eigenvalue weighted by molar-refractivity contribution is 9.09. The lowest BCUT2D eigenvalue weighted by atomic mass is 10.1. The van der Waals surface area contributed by atoms with E-state index in [4.69, 9.17) is 11.6 Å². The summed E-state index contributed by atoms with van der Waals surface area (Å²) in [6.45, 7) is 3.78. The van der Waals surface area contributed by atoms with Gasteiger partial charge < -0.3 is 0 Å². The van der Waals surface area contributed by atoms with E-state index in [9.17, 15) is 4.39 Å². The molecule has 0 aliphatic rings. The van der Waals surface area contributed by atoms with E-state index in [1.807, 2.05) is 0 Å². The minimum absolute atomic E-state index is 0.328. The Morgan fingerprint density at radius 3 is 2.75 bits per heavy atom. The molecule has 0 saturated heterocycles. The lowest BCUT2D eigenvalue weighted by molar-refractivity contribution is 0.628. The Balaban J connectivity index is 3.09. The number of hydrogen-bond donors (Lipinski definition) is 0. The number of allylic oxidation sites excluding steroid dienone is 1. The van der Waals surface area contributed by atoms with Gasteiger partial charge in [0.05, 0.1) is 5.02 Å². The summed E-state index contributed by atoms with van der Waals surface area (Å²) in [7, 11) is 0. The second-order valence-corrected chi connectivity index (χ2v) is 3.33. The molecule has 0 bridgehead atoms. The van der Waals surface area contributed by atoms with E-state index >= 15 is 0 Å². The van der Waals surface area contributed by atoms with Gasteiger partial charge in [-0.2, -0.15) is 0 Å². The Bertz CT molecular complexity index is 309. The smallest absolute Gasteiger partial charge is 0.124 e. The van der Waals surface area contributed by atoms with Crippen LogP contribution < -0.4 is 0 Å². The first-order valence-electron chi connectivity index (χ1n) is 3.34. The third-order valence-electron chi connectivity index (χ3n) is 1.47. The molecular formula is C9H7BrClF. The molecule has 64 valence electrons. The summed E-state index contributed by atoms with van der Waals surface area (Å²) < 4.78 is 12.6. The van der Waals surface area contributed by atoms with Crippen LogP contribution in [0.1, 0.15) is 5.56 Å². The summed E-state index contributed by atoms with van der Waals surface area (Å²) in [5.74, 6) is -0.328. The van der Waals surface area contributed by atoms with Crippen molar-refractivity contribution in [3.05, 3.63) is 41.2 Å². The molecule has 12 heavy (non-hydrogen) atoms. The molecule has 0 heterocycles. The zero-order chi connectivity index (χ0) is 9.14. The maximum absolute atomic E-state index is 12.6. The van der Waals surface area contributed by atoms with E-state index in [2.05, 4.69) is 22.5 Å². The topological polar surface area (TPSA) is 0 Å². The summed E-state index contributed by atoms with van der Waals surface area (Å²) in [4.78, 5) is 0. The Labute approximate surface area is 84.2 Å². The summed E-state index contributed by atoms with van der Waals surface area (Å²) >= 11 is 9.03. The van der Waals surface area contributed by atoms with Gasteiger partial charge in [0.15, 0.2) is 0 Å². The number of alkyl halides is 1. The number of hydrogen-bond acceptors (Lipinski definition) is 0. The molecule has 0 nitrogen and oxygen atoms in total. The number of benzene rings is 1. The van der Waals surface area contributed by atoms with Crippen molar-refractivity contribution in [1.29, 1.82) is 0 Å². The number of rotatable bonds is 2. The lowest BCUT2D eigenvalue weighted by Gasteiger charge is -2.03. The molecular weight excluding hydrogens is 242 g/mol. The fourth-order valence-corrected chi connectivity index (χ4v) is 1.45. The largest absolute Gasteiger partial charge is 0.207 e. The van der Waals surface area contributed by atoms with Gasteiger partial charge in [-0.3, -0.25) is 0 Å². The van der Waals surface area contributed by atoms with Gasteiger partial charge in [0, 0.05) is 5.33 Å². The number of halogens is 3. The molecule has 1 rings (SSSR count). The van der Waals surface area contributed by atoms with Crippen LogP contribution in [0.4, 0.5) is 4.39 Å². The molecule has 1 aromatic rings. The van der Waals surface area contributed by atoms with Crippen molar-refractivity contribution in [2.75, 3.05) is 5.33 Å². The summed E-state index contributed by atoms with van der Waals surface area (Å²) in [6.07, 6.45) is 0. The molecule has 3 heteroatoms. The van der Waals surface area contributed by atoms with Crippen molar-refractivity contribution in [2.24, 2.45) is 0 Å². The second-order valence-electron chi connectivity index (χ2n) is 2.36. The molecule has 0 aliphatic heterocycles. The minimum Gasteiger partial charge on any atom is -0.207 e. The van der Waals surface area contributed by atoms with Crippen LogP contribution in [0.25, 0.3) is 5.57 Å². The van der Waals surface area contributed by atoms with Gasteiger partial charge in [0.2, 0.25) is 0 Å². The van der Waals surface area contributed by atoms with Gasteiger partial charge >= 0.3 is 0 Å². The van der Waals surface area contributed by atoms with Crippen molar-refractivity contribution in [1.82, 2.24) is 0 Å². The van der Waals surface area contributed by atoms with Crippen molar-refractivity contribution in [3.8, 4) is 0 Å². The van der Waals surface area contributed by atoms with Crippen molar-refractivity contribution >= 4 is 33.1 Å². The summed E-state index contributed by atoms with van der Waals surface area (Å²) in [5, 5.41) is 1.04. The molecule has 0 saturated carbocycles. The highest BCUT2D eigenvalue weighted by Crippen LogP contribution is 2.24. The van der Waals surface area contributed by atoms with Crippen LogP contribution in [0.5, 0.6) is 0 Å². The molecule has 0 radical (unpaired) electrons. The van der Waals surface area contributed by atoms with Crippen molar-refractivity contribution in [2.45, 2.75) is 0 Å². The average molecular weight is 250 g/mol. The monoisotopic (exact) mass is 248 g/mol. The minimum atomic E-state index is -0.328. The van der Waals surface area contributed by atoms with Crippen LogP contribution in [-0.2, 0) is 0 Å². The maximum atomic E-state index is 12.6. The van der Waals surface area contributed by atoms with Crippen LogP contribution in [0.2, 0.25) is 5.02 Å². The highest BCUT2D eigenvalue weighted by Gasteiger charge is 2.03. The SMILES string of the molecule is C=C(CBr)c1ccc(F)cc1Cl. The Morgan fingerprint density at radius 2 is 2.25 bits per heavy atom. The van der Waals surface area contributed by atoms with Gasteiger partial charge in [-0.05, 0) is 23.3 Å². The van der Waals surface area contributed by atoms with Crippen LogP contribution in [0, 0.1) is 5.82 Å². The van der Waals surface area contributed by atoms with E-state index in [1.54, 1.807) is 6.07 Å². The molecule has 0 aromatic heterocycles.